The van der Waals surface area contributed by atoms with Gasteiger partial charge in [0.15, 0.2) is 5.82 Å². The topological polar surface area (TPSA) is 63.4 Å². The maximum absolute atomic E-state index is 13.1. The molecule has 0 unspecified atom stereocenters. The fraction of sp³-hybridized carbons (Fsp3) is 0.368. The molecule has 2 aromatic heterocycles. The molecule has 0 atom stereocenters. The van der Waals surface area contributed by atoms with Crippen molar-refractivity contribution < 1.29 is 9.18 Å². The molecule has 0 aliphatic heterocycles. The maximum atomic E-state index is 13.1. The van der Waals surface area contributed by atoms with Crippen LogP contribution in [0.1, 0.15) is 47.3 Å². The molecule has 1 aromatic carbocycles. The van der Waals surface area contributed by atoms with Crippen LogP contribution in [-0.4, -0.2) is 36.9 Å². The quantitative estimate of drug-likeness (QED) is 0.680. The van der Waals surface area contributed by atoms with Crippen molar-refractivity contribution in [1.82, 2.24) is 24.5 Å². The molecule has 0 fully saturated rings. The van der Waals surface area contributed by atoms with Gasteiger partial charge in [-0.2, -0.15) is 4.98 Å². The van der Waals surface area contributed by atoms with Gasteiger partial charge in [0.25, 0.3) is 11.7 Å². The van der Waals surface area contributed by atoms with Crippen LogP contribution in [0.4, 0.5) is 4.39 Å². The highest BCUT2D eigenvalue weighted by molar-refractivity contribution is 5.94. The minimum atomic E-state index is -0.361. The second-order valence-electron chi connectivity index (χ2n) is 6.37. The highest BCUT2D eigenvalue weighted by atomic mass is 19.1. The molecule has 0 bridgehead atoms. The number of unbranched alkanes of at least 4 members (excludes halogenated alkanes) is 1. The molecule has 7 heteroatoms. The van der Waals surface area contributed by atoms with Gasteiger partial charge in [-0.05, 0) is 50.6 Å². The van der Waals surface area contributed by atoms with Gasteiger partial charge in [0.2, 0.25) is 0 Å². The Balaban J connectivity index is 1.87. The number of nitrogens with zero attached hydrogens (tertiary/aromatic N) is 5. The second-order valence-corrected chi connectivity index (χ2v) is 6.37. The minimum Gasteiger partial charge on any atom is -0.331 e. The number of carbonyl (C=O) groups is 1. The van der Waals surface area contributed by atoms with Crippen LogP contribution >= 0.6 is 0 Å². The summed E-state index contributed by atoms with van der Waals surface area (Å²) in [5.74, 6) is 0.554. The Morgan fingerprint density at radius 1 is 1.19 bits per heavy atom. The lowest BCUT2D eigenvalue weighted by molar-refractivity contribution is 0.0736. The molecule has 0 aliphatic rings. The number of carbonyl (C=O) groups excluding carboxylic acids is 1. The summed E-state index contributed by atoms with van der Waals surface area (Å²) in [7, 11) is 0. The summed E-state index contributed by atoms with van der Waals surface area (Å²) in [6.45, 7) is 6.80. The predicted molar refractivity (Wildman–Crippen MR) is 96.3 cm³/mol. The summed E-state index contributed by atoms with van der Waals surface area (Å²) in [5.41, 5.74) is 2.27. The van der Waals surface area contributed by atoms with Crippen molar-refractivity contribution in [2.45, 2.75) is 40.2 Å². The number of hydrogen-bond acceptors (Lipinski definition) is 4. The molecular weight excluding hydrogens is 333 g/mol. The van der Waals surface area contributed by atoms with Gasteiger partial charge in [-0.3, -0.25) is 4.79 Å². The molecule has 0 radical (unpaired) electrons. The average molecular weight is 355 g/mol. The minimum absolute atomic E-state index is 0.154. The molecule has 26 heavy (non-hydrogen) atoms. The summed E-state index contributed by atoms with van der Waals surface area (Å²) in [6, 6.07) is 7.53. The average Bonchev–Trinajstić information content (AvgIpc) is 3.01. The largest absolute Gasteiger partial charge is 0.331 e. The SMILES string of the molecule is CCCCN(Cc1nc2nc(C)cc(C)n2n1)C(=O)c1ccc(F)cc1. The number of rotatable bonds is 6. The van der Waals surface area contributed by atoms with Gasteiger partial charge in [-0.1, -0.05) is 13.3 Å². The number of hydrogen-bond donors (Lipinski definition) is 0. The van der Waals surface area contributed by atoms with Gasteiger partial charge in [0, 0.05) is 23.5 Å². The van der Waals surface area contributed by atoms with E-state index in [1.54, 1.807) is 9.42 Å². The Morgan fingerprint density at radius 3 is 2.62 bits per heavy atom. The first-order valence-electron chi connectivity index (χ1n) is 8.72. The zero-order valence-corrected chi connectivity index (χ0v) is 15.2. The van der Waals surface area contributed by atoms with E-state index >= 15 is 0 Å². The zero-order chi connectivity index (χ0) is 18.7. The van der Waals surface area contributed by atoms with Gasteiger partial charge in [-0.25, -0.2) is 13.9 Å². The monoisotopic (exact) mass is 355 g/mol. The molecular formula is C19H22FN5O. The Hall–Kier alpha value is -2.83. The van der Waals surface area contributed by atoms with Crippen LogP contribution in [0, 0.1) is 19.7 Å². The number of aromatic nitrogens is 4. The van der Waals surface area contributed by atoms with Crippen LogP contribution in [0.3, 0.4) is 0 Å². The number of fused-ring (bicyclic) bond motifs is 1. The summed E-state index contributed by atoms with van der Waals surface area (Å²) < 4.78 is 14.8. The Kier molecular flexibility index (Phi) is 5.25. The molecule has 0 saturated carbocycles. The van der Waals surface area contributed by atoms with Crippen LogP contribution < -0.4 is 0 Å². The molecule has 6 nitrogen and oxygen atoms in total. The molecule has 2 heterocycles. The summed E-state index contributed by atoms with van der Waals surface area (Å²) in [4.78, 5) is 23.4. The van der Waals surface area contributed by atoms with E-state index in [-0.39, 0.29) is 18.3 Å². The van der Waals surface area contributed by atoms with E-state index in [9.17, 15) is 9.18 Å². The second kappa shape index (κ2) is 7.59. The lowest BCUT2D eigenvalue weighted by Crippen LogP contribution is -2.32. The number of benzene rings is 1. The fourth-order valence-corrected chi connectivity index (χ4v) is 2.82. The molecule has 1 amide bonds. The van der Waals surface area contributed by atoms with Crippen molar-refractivity contribution in [3.05, 3.63) is 58.9 Å². The van der Waals surface area contributed by atoms with Gasteiger partial charge >= 0.3 is 0 Å². The van der Waals surface area contributed by atoms with Crippen molar-refractivity contribution in [1.29, 1.82) is 0 Å². The molecule has 0 N–H and O–H groups in total. The lowest BCUT2D eigenvalue weighted by atomic mass is 10.2. The molecule has 0 spiro atoms. The molecule has 136 valence electrons. The number of halogens is 1. The molecule has 0 aliphatic carbocycles. The van der Waals surface area contributed by atoms with E-state index in [0.29, 0.717) is 23.7 Å². The first-order chi connectivity index (χ1) is 12.5. The normalized spacial score (nSPS) is 11.1. The van der Waals surface area contributed by atoms with Crippen LogP contribution in [0.15, 0.2) is 30.3 Å². The van der Waals surface area contributed by atoms with Crippen molar-refractivity contribution in [2.24, 2.45) is 0 Å². The number of amides is 1. The molecule has 0 saturated heterocycles. The van der Waals surface area contributed by atoms with Crippen molar-refractivity contribution in [3.63, 3.8) is 0 Å². The van der Waals surface area contributed by atoms with Crippen molar-refractivity contribution >= 4 is 11.7 Å². The van der Waals surface area contributed by atoms with Gasteiger partial charge in [-0.15, -0.1) is 5.10 Å². The number of aryl methyl sites for hydroxylation is 2. The summed E-state index contributed by atoms with van der Waals surface area (Å²) in [6.07, 6.45) is 1.84. The molecule has 3 aromatic rings. The van der Waals surface area contributed by atoms with Gasteiger partial charge in [0.1, 0.15) is 5.82 Å². The van der Waals surface area contributed by atoms with Crippen LogP contribution in [0.25, 0.3) is 5.78 Å². The first-order valence-corrected chi connectivity index (χ1v) is 8.72. The maximum Gasteiger partial charge on any atom is 0.254 e. The predicted octanol–water partition coefficient (Wildman–Crippen LogP) is 3.32. The van der Waals surface area contributed by atoms with E-state index in [4.69, 9.17) is 0 Å². The Bertz CT molecular complexity index is 920. The standard InChI is InChI=1S/C19H22FN5O/c1-4-5-10-24(18(26)15-6-8-16(20)9-7-15)12-17-22-19-21-13(2)11-14(3)25(19)23-17/h6-9,11H,4-5,10,12H2,1-3H3. The highest BCUT2D eigenvalue weighted by Gasteiger charge is 2.19. The molecule has 3 rings (SSSR count). The highest BCUT2D eigenvalue weighted by Crippen LogP contribution is 2.12. The first kappa shape index (κ1) is 18.0. The third kappa shape index (κ3) is 3.87. The van der Waals surface area contributed by atoms with E-state index in [1.165, 1.54) is 24.3 Å². The Morgan fingerprint density at radius 2 is 1.92 bits per heavy atom. The van der Waals surface area contributed by atoms with Crippen molar-refractivity contribution in [3.8, 4) is 0 Å². The summed E-state index contributed by atoms with van der Waals surface area (Å²) >= 11 is 0. The van der Waals surface area contributed by atoms with E-state index in [1.807, 2.05) is 19.9 Å². The third-order valence-electron chi connectivity index (χ3n) is 4.15. The van der Waals surface area contributed by atoms with E-state index in [2.05, 4.69) is 22.0 Å². The van der Waals surface area contributed by atoms with E-state index in [0.717, 1.165) is 24.2 Å². The lowest BCUT2D eigenvalue weighted by Gasteiger charge is -2.21. The van der Waals surface area contributed by atoms with Crippen LogP contribution in [0.2, 0.25) is 0 Å². The smallest absolute Gasteiger partial charge is 0.254 e. The Labute approximate surface area is 151 Å². The van der Waals surface area contributed by atoms with Gasteiger partial charge < -0.3 is 4.90 Å². The zero-order valence-electron chi connectivity index (χ0n) is 15.2. The van der Waals surface area contributed by atoms with Crippen molar-refractivity contribution in [2.75, 3.05) is 6.54 Å². The van der Waals surface area contributed by atoms with E-state index < -0.39 is 0 Å². The summed E-state index contributed by atoms with van der Waals surface area (Å²) in [5, 5.41) is 4.48. The van der Waals surface area contributed by atoms with Crippen LogP contribution in [0.5, 0.6) is 0 Å². The fourth-order valence-electron chi connectivity index (χ4n) is 2.82. The van der Waals surface area contributed by atoms with Crippen LogP contribution in [-0.2, 0) is 6.54 Å². The van der Waals surface area contributed by atoms with Gasteiger partial charge in [0.05, 0.1) is 6.54 Å². The third-order valence-corrected chi connectivity index (χ3v) is 4.15.